The fourth-order valence-electron chi connectivity index (χ4n) is 2.12. The predicted octanol–water partition coefficient (Wildman–Crippen LogP) is 2.63. The molecule has 1 aliphatic rings. The smallest absolute Gasteiger partial charge is 0.0544 e. The van der Waals surface area contributed by atoms with Gasteiger partial charge in [-0.3, -0.25) is 0 Å². The van der Waals surface area contributed by atoms with Gasteiger partial charge in [0.05, 0.1) is 14.2 Å². The molecule has 0 aromatic carbocycles. The first-order valence-corrected chi connectivity index (χ1v) is 8.27. The molecule has 1 aliphatic carbocycles. The third-order valence-electron chi connectivity index (χ3n) is 2.84. The van der Waals surface area contributed by atoms with Crippen LogP contribution in [-0.4, -0.2) is 19.3 Å². The second-order valence-electron chi connectivity index (χ2n) is 4.82. The highest BCUT2D eigenvalue weighted by molar-refractivity contribution is 6.77. The highest BCUT2D eigenvalue weighted by Crippen LogP contribution is 2.36. The maximum atomic E-state index is 9.74. The molecule has 0 aromatic rings. The van der Waals surface area contributed by atoms with Gasteiger partial charge in [-0.2, -0.15) is 0 Å². The van der Waals surface area contributed by atoms with Gasteiger partial charge in [-0.05, 0) is 12.0 Å². The zero-order valence-electron chi connectivity index (χ0n) is 7.93. The number of rotatable bonds is 1. The van der Waals surface area contributed by atoms with Crippen LogP contribution in [0.2, 0.25) is 25.2 Å². The normalized spacial score (nSPS) is 33.8. The summed E-state index contributed by atoms with van der Waals surface area (Å²) in [6.45, 7) is 7.10. The monoisotopic (exact) mass is 172 g/mol. The standard InChI is InChI=1S/C9H20OSi/c1-11(2,3)9-7-5-4-6-8(9)10/h8-10H,4-7H2,1-3H3. The minimum Gasteiger partial charge on any atom is -0.393 e. The van der Waals surface area contributed by atoms with E-state index < -0.39 is 8.07 Å². The van der Waals surface area contributed by atoms with E-state index in [1.54, 1.807) is 0 Å². The van der Waals surface area contributed by atoms with Crippen molar-refractivity contribution in [3.63, 3.8) is 0 Å². The van der Waals surface area contributed by atoms with Crippen molar-refractivity contribution in [2.75, 3.05) is 0 Å². The van der Waals surface area contributed by atoms with Crippen molar-refractivity contribution >= 4 is 8.07 Å². The van der Waals surface area contributed by atoms with Crippen LogP contribution in [0.5, 0.6) is 0 Å². The van der Waals surface area contributed by atoms with Crippen LogP contribution in [0, 0.1) is 0 Å². The van der Waals surface area contributed by atoms with E-state index >= 15 is 0 Å². The van der Waals surface area contributed by atoms with Crippen molar-refractivity contribution in [2.45, 2.75) is 57.0 Å². The van der Waals surface area contributed by atoms with Crippen LogP contribution in [0.4, 0.5) is 0 Å². The Labute approximate surface area is 70.8 Å². The molecule has 2 atom stereocenters. The second-order valence-corrected chi connectivity index (χ2v) is 10.3. The summed E-state index contributed by atoms with van der Waals surface area (Å²) in [5.41, 5.74) is 0.663. The van der Waals surface area contributed by atoms with E-state index in [4.69, 9.17) is 0 Å². The summed E-state index contributed by atoms with van der Waals surface area (Å²) >= 11 is 0. The fourth-order valence-corrected chi connectivity index (χ4v) is 4.51. The summed E-state index contributed by atoms with van der Waals surface area (Å²) in [6, 6.07) is 0. The summed E-state index contributed by atoms with van der Waals surface area (Å²) in [7, 11) is -1.07. The van der Waals surface area contributed by atoms with E-state index in [-0.39, 0.29) is 6.10 Å². The molecule has 11 heavy (non-hydrogen) atoms. The van der Waals surface area contributed by atoms with Crippen LogP contribution in [0.25, 0.3) is 0 Å². The van der Waals surface area contributed by atoms with Crippen LogP contribution in [-0.2, 0) is 0 Å². The Morgan fingerprint density at radius 2 is 1.64 bits per heavy atom. The molecular formula is C9H20OSi. The lowest BCUT2D eigenvalue weighted by Gasteiger charge is -2.36. The lowest BCUT2D eigenvalue weighted by Crippen LogP contribution is -2.38. The minimum absolute atomic E-state index is 0.0235. The number of aliphatic hydroxyl groups excluding tert-OH is 1. The van der Waals surface area contributed by atoms with Gasteiger partial charge in [0.2, 0.25) is 0 Å². The van der Waals surface area contributed by atoms with Crippen molar-refractivity contribution in [3.05, 3.63) is 0 Å². The first-order chi connectivity index (χ1) is 5.02. The molecule has 0 heterocycles. The van der Waals surface area contributed by atoms with Crippen molar-refractivity contribution in [3.8, 4) is 0 Å². The van der Waals surface area contributed by atoms with Gasteiger partial charge in [0.25, 0.3) is 0 Å². The second kappa shape index (κ2) is 3.28. The highest BCUT2D eigenvalue weighted by atomic mass is 28.3. The van der Waals surface area contributed by atoms with E-state index in [0.717, 1.165) is 6.42 Å². The van der Waals surface area contributed by atoms with Gasteiger partial charge >= 0.3 is 0 Å². The Morgan fingerprint density at radius 3 is 2.00 bits per heavy atom. The van der Waals surface area contributed by atoms with Gasteiger partial charge in [-0.1, -0.05) is 38.9 Å². The Bertz CT molecular complexity index is 128. The molecule has 0 aromatic heterocycles. The van der Waals surface area contributed by atoms with Gasteiger partial charge in [0.15, 0.2) is 0 Å². The third kappa shape index (κ3) is 2.31. The number of aliphatic hydroxyl groups is 1. The summed E-state index contributed by atoms with van der Waals surface area (Å²) in [5, 5.41) is 9.74. The molecule has 2 heteroatoms. The maximum Gasteiger partial charge on any atom is 0.0544 e. The van der Waals surface area contributed by atoms with Gasteiger partial charge in [-0.25, -0.2) is 0 Å². The zero-order valence-corrected chi connectivity index (χ0v) is 8.93. The van der Waals surface area contributed by atoms with Gasteiger partial charge in [0, 0.05) is 0 Å². The molecule has 2 unspecified atom stereocenters. The van der Waals surface area contributed by atoms with E-state index in [0.29, 0.717) is 5.54 Å². The molecule has 0 radical (unpaired) electrons. The predicted molar refractivity (Wildman–Crippen MR) is 51.6 cm³/mol. The van der Waals surface area contributed by atoms with E-state index in [1.165, 1.54) is 19.3 Å². The summed E-state index contributed by atoms with van der Waals surface area (Å²) in [6.07, 6.45) is 4.93. The third-order valence-corrected chi connectivity index (χ3v) is 5.74. The average Bonchev–Trinajstić information content (AvgIpc) is 1.86. The molecule has 1 N–H and O–H groups in total. The molecule has 0 spiro atoms. The Hall–Kier alpha value is 0.177. The van der Waals surface area contributed by atoms with E-state index in [9.17, 15) is 5.11 Å². The van der Waals surface area contributed by atoms with Crippen LogP contribution >= 0.6 is 0 Å². The molecule has 66 valence electrons. The number of hydrogen-bond donors (Lipinski definition) is 1. The molecule has 0 saturated heterocycles. The first-order valence-electron chi connectivity index (χ1n) is 4.70. The molecule has 0 bridgehead atoms. The van der Waals surface area contributed by atoms with Crippen LogP contribution in [0.1, 0.15) is 25.7 Å². The van der Waals surface area contributed by atoms with Crippen LogP contribution in [0.15, 0.2) is 0 Å². The molecule has 1 saturated carbocycles. The lowest BCUT2D eigenvalue weighted by molar-refractivity contribution is 0.127. The largest absolute Gasteiger partial charge is 0.393 e. The van der Waals surface area contributed by atoms with Crippen molar-refractivity contribution in [1.82, 2.24) is 0 Å². The fraction of sp³-hybridized carbons (Fsp3) is 1.00. The van der Waals surface area contributed by atoms with Gasteiger partial charge < -0.3 is 5.11 Å². The van der Waals surface area contributed by atoms with E-state index in [1.807, 2.05) is 0 Å². The van der Waals surface area contributed by atoms with Gasteiger partial charge in [0.1, 0.15) is 0 Å². The Balaban J connectivity index is 2.55. The highest BCUT2D eigenvalue weighted by Gasteiger charge is 2.33. The molecule has 0 amide bonds. The van der Waals surface area contributed by atoms with Gasteiger partial charge in [-0.15, -0.1) is 0 Å². The quantitative estimate of drug-likeness (QED) is 0.603. The first kappa shape index (κ1) is 9.27. The Morgan fingerprint density at radius 1 is 1.09 bits per heavy atom. The zero-order chi connectivity index (χ0) is 8.48. The summed E-state index contributed by atoms with van der Waals surface area (Å²) in [4.78, 5) is 0. The lowest BCUT2D eigenvalue weighted by atomic mass is 9.97. The summed E-state index contributed by atoms with van der Waals surface area (Å²) < 4.78 is 0. The van der Waals surface area contributed by atoms with E-state index in [2.05, 4.69) is 19.6 Å². The molecule has 1 rings (SSSR count). The van der Waals surface area contributed by atoms with Crippen LogP contribution < -0.4 is 0 Å². The van der Waals surface area contributed by atoms with Crippen molar-refractivity contribution < 1.29 is 5.11 Å². The van der Waals surface area contributed by atoms with Crippen molar-refractivity contribution in [2.24, 2.45) is 0 Å². The SMILES string of the molecule is C[Si](C)(C)C1CCCCC1O. The molecular weight excluding hydrogens is 152 g/mol. The topological polar surface area (TPSA) is 20.2 Å². The molecule has 1 fully saturated rings. The molecule has 1 nitrogen and oxygen atoms in total. The average molecular weight is 172 g/mol. The molecule has 0 aliphatic heterocycles. The number of hydrogen-bond acceptors (Lipinski definition) is 1. The van der Waals surface area contributed by atoms with Crippen LogP contribution in [0.3, 0.4) is 0 Å². The summed E-state index contributed by atoms with van der Waals surface area (Å²) in [5.74, 6) is 0. The minimum atomic E-state index is -1.07. The maximum absolute atomic E-state index is 9.74. The Kier molecular flexibility index (Phi) is 2.76. The van der Waals surface area contributed by atoms with Crippen molar-refractivity contribution in [1.29, 1.82) is 0 Å².